The van der Waals surface area contributed by atoms with E-state index in [2.05, 4.69) is 41.5 Å². The summed E-state index contributed by atoms with van der Waals surface area (Å²) in [5, 5.41) is 1.06. The first-order valence-corrected chi connectivity index (χ1v) is 11.0. The molecule has 0 radical (unpaired) electrons. The van der Waals surface area contributed by atoms with E-state index in [4.69, 9.17) is 14.7 Å². The molecule has 2 atom stereocenters. The standard InChI is InChI=1S/C25H18AsN4O/c26-30-14-13-27-16-22(30)24(18-5-4-6-18)29-25(30)19-10-9-17-11-12-23(28-21(17)15-19)31-20-7-2-1-3-8-20/h1-16H,26H2/q+1. The molecule has 1 aliphatic carbocycles. The zero-order chi connectivity index (χ0) is 20.8. The molecule has 5 nitrogen and oxygen atoms in total. The first-order chi connectivity index (χ1) is 15.2. The topological polar surface area (TPSA) is 46.8 Å². The van der Waals surface area contributed by atoms with Crippen LogP contribution in [0.2, 0.25) is 0 Å². The minimum absolute atomic E-state index is 0.544. The molecule has 0 spiro atoms. The molecule has 31 heavy (non-hydrogen) atoms. The SMILES string of the molecule is [AsH2][N+]12C=CN=CC1=C(C1=CC=C1)N=C2c1ccc2ccc(Oc3ccccc3)nc2c1. The molecule has 0 N–H and O–H groups in total. The van der Waals surface area contributed by atoms with Crippen LogP contribution in [0.3, 0.4) is 0 Å². The Kier molecular flexibility index (Phi) is 4.13. The molecule has 2 aliphatic heterocycles. The van der Waals surface area contributed by atoms with E-state index in [1.54, 1.807) is 17.1 Å². The number of hydrogen-bond acceptors (Lipinski definition) is 4. The number of quaternary nitrogens is 1. The molecule has 3 heterocycles. The van der Waals surface area contributed by atoms with Crippen molar-refractivity contribution >= 4 is 40.0 Å². The van der Waals surface area contributed by atoms with E-state index >= 15 is 0 Å². The number of aliphatic imine (C=N–C) groups is 2. The number of pyridine rings is 1. The predicted molar refractivity (Wildman–Crippen MR) is 125 cm³/mol. The molecule has 6 rings (SSSR count). The zero-order valence-corrected chi connectivity index (χ0v) is 18.9. The fourth-order valence-corrected chi connectivity index (χ4v) is 4.84. The van der Waals surface area contributed by atoms with Crippen molar-refractivity contribution < 1.29 is 8.14 Å². The number of amidine groups is 1. The van der Waals surface area contributed by atoms with E-state index in [1.807, 2.05) is 61.0 Å². The van der Waals surface area contributed by atoms with Gasteiger partial charge in [-0.15, -0.1) is 0 Å². The fourth-order valence-electron chi connectivity index (χ4n) is 3.84. The number of aromatic nitrogens is 1. The van der Waals surface area contributed by atoms with Crippen LogP contribution in [0.25, 0.3) is 10.9 Å². The average Bonchev–Trinajstić information content (AvgIpc) is 3.05. The van der Waals surface area contributed by atoms with E-state index in [0.717, 1.165) is 45.0 Å². The maximum absolute atomic E-state index is 5.93. The maximum atomic E-state index is 5.93. The molecular formula is C25H18AsN4O+. The quantitative estimate of drug-likeness (QED) is 0.536. The zero-order valence-electron chi connectivity index (χ0n) is 16.5. The molecule has 0 bridgehead atoms. The first kappa shape index (κ1) is 18.3. The van der Waals surface area contributed by atoms with Crippen LogP contribution >= 0.6 is 0 Å². The van der Waals surface area contributed by atoms with Gasteiger partial charge in [-0.1, -0.05) is 0 Å². The summed E-state index contributed by atoms with van der Waals surface area (Å²) in [6.45, 7) is 0. The summed E-state index contributed by atoms with van der Waals surface area (Å²) in [5.74, 6) is 2.32. The Morgan fingerprint density at radius 1 is 0.968 bits per heavy atom. The summed E-state index contributed by atoms with van der Waals surface area (Å²) in [7, 11) is 0. The number of ether oxygens (including phenoxy) is 1. The monoisotopic (exact) mass is 465 g/mol. The Labute approximate surface area is 188 Å². The second kappa shape index (κ2) is 7.02. The van der Waals surface area contributed by atoms with Gasteiger partial charge >= 0.3 is 189 Å². The molecule has 3 aliphatic rings. The van der Waals surface area contributed by atoms with Crippen molar-refractivity contribution in [3.05, 3.63) is 114 Å². The van der Waals surface area contributed by atoms with Gasteiger partial charge in [-0.05, 0) is 0 Å². The Hall–Kier alpha value is -3.53. The van der Waals surface area contributed by atoms with Crippen LogP contribution in [0, 0.1) is 0 Å². The minimum atomic E-state index is 0.544. The van der Waals surface area contributed by atoms with Crippen LogP contribution in [0.5, 0.6) is 11.6 Å². The van der Waals surface area contributed by atoms with Crippen LogP contribution in [-0.4, -0.2) is 37.5 Å². The summed E-state index contributed by atoms with van der Waals surface area (Å²) < 4.78 is 6.48. The molecule has 148 valence electrons. The number of benzene rings is 2. The summed E-state index contributed by atoms with van der Waals surface area (Å²) in [5.41, 5.74) is 5.15. The van der Waals surface area contributed by atoms with Crippen molar-refractivity contribution in [1.29, 1.82) is 0 Å². The average molecular weight is 465 g/mol. The molecule has 1 aromatic heterocycles. The van der Waals surface area contributed by atoms with Crippen LogP contribution in [0.15, 0.2) is 118 Å². The Morgan fingerprint density at radius 2 is 1.81 bits per heavy atom. The summed E-state index contributed by atoms with van der Waals surface area (Å²) in [6, 6.07) is 19.9. The number of para-hydroxylation sites is 1. The van der Waals surface area contributed by atoms with Crippen molar-refractivity contribution in [3.63, 3.8) is 0 Å². The van der Waals surface area contributed by atoms with Gasteiger partial charge in [0.15, 0.2) is 0 Å². The molecule has 2 aromatic carbocycles. The third kappa shape index (κ3) is 3.02. The fraction of sp³-hybridized carbons (Fsp3) is 0. The Morgan fingerprint density at radius 3 is 2.61 bits per heavy atom. The van der Waals surface area contributed by atoms with Crippen molar-refractivity contribution in [2.24, 2.45) is 9.98 Å². The number of allylic oxidation sites excluding steroid dienone is 4. The normalized spacial score (nSPS) is 21.1. The van der Waals surface area contributed by atoms with Gasteiger partial charge in [0, 0.05) is 0 Å². The van der Waals surface area contributed by atoms with Gasteiger partial charge in [-0.3, -0.25) is 0 Å². The molecular weight excluding hydrogens is 447 g/mol. The van der Waals surface area contributed by atoms with Gasteiger partial charge in [-0.2, -0.15) is 0 Å². The molecule has 0 saturated heterocycles. The first-order valence-electron chi connectivity index (χ1n) is 9.96. The van der Waals surface area contributed by atoms with E-state index in [1.165, 1.54) is 0 Å². The summed E-state index contributed by atoms with van der Waals surface area (Å²) in [4.78, 5) is 14.2. The summed E-state index contributed by atoms with van der Waals surface area (Å²) >= 11 is 1.55. The van der Waals surface area contributed by atoms with Crippen molar-refractivity contribution in [3.8, 4) is 11.6 Å². The van der Waals surface area contributed by atoms with Crippen molar-refractivity contribution in [1.82, 2.24) is 4.98 Å². The third-order valence-corrected chi connectivity index (χ3v) is 6.97. The van der Waals surface area contributed by atoms with Gasteiger partial charge in [0.05, 0.1) is 0 Å². The number of nitrogens with zero attached hydrogens (tertiary/aromatic N) is 4. The van der Waals surface area contributed by atoms with Gasteiger partial charge in [-0.25, -0.2) is 0 Å². The van der Waals surface area contributed by atoms with E-state index in [9.17, 15) is 0 Å². The van der Waals surface area contributed by atoms with Gasteiger partial charge in [0.25, 0.3) is 0 Å². The van der Waals surface area contributed by atoms with Crippen molar-refractivity contribution in [2.45, 2.75) is 0 Å². The van der Waals surface area contributed by atoms with Gasteiger partial charge in [0.2, 0.25) is 0 Å². The summed E-state index contributed by atoms with van der Waals surface area (Å²) in [6.07, 6.45) is 12.1. The molecule has 2 unspecified atom stereocenters. The Bertz CT molecular complexity index is 1420. The molecule has 0 saturated carbocycles. The predicted octanol–water partition coefficient (Wildman–Crippen LogP) is 4.42. The molecule has 0 amide bonds. The third-order valence-electron chi connectivity index (χ3n) is 5.51. The number of rotatable bonds is 4. The Balaban J connectivity index is 1.41. The van der Waals surface area contributed by atoms with E-state index < -0.39 is 0 Å². The van der Waals surface area contributed by atoms with Crippen LogP contribution in [-0.2, 0) is 0 Å². The second-order valence-corrected chi connectivity index (χ2v) is 9.19. The van der Waals surface area contributed by atoms with Crippen LogP contribution in [0.1, 0.15) is 5.56 Å². The second-order valence-electron chi connectivity index (χ2n) is 7.48. The van der Waals surface area contributed by atoms with Crippen LogP contribution < -0.4 is 4.74 Å². The molecule has 6 heteroatoms. The molecule has 3 aromatic rings. The van der Waals surface area contributed by atoms with Crippen molar-refractivity contribution in [2.75, 3.05) is 0 Å². The molecule has 0 fully saturated rings. The van der Waals surface area contributed by atoms with E-state index in [0.29, 0.717) is 9.28 Å². The van der Waals surface area contributed by atoms with Crippen LogP contribution in [0.4, 0.5) is 0 Å². The van der Waals surface area contributed by atoms with Gasteiger partial charge in [0.1, 0.15) is 0 Å². The van der Waals surface area contributed by atoms with E-state index in [-0.39, 0.29) is 0 Å². The number of fused-ring (bicyclic) bond motifs is 2. The van der Waals surface area contributed by atoms with Gasteiger partial charge < -0.3 is 0 Å². The number of hydrogen-bond donors (Lipinski definition) is 0.